The molecule has 0 aromatic heterocycles. The molecule has 0 radical (unpaired) electrons. The first-order chi connectivity index (χ1) is 9.90. The van der Waals surface area contributed by atoms with E-state index < -0.39 is 12.0 Å². The molecule has 0 bridgehead atoms. The van der Waals surface area contributed by atoms with E-state index in [9.17, 15) is 9.59 Å². The number of nitrogens with one attached hydrogen (secondary N) is 1. The number of benzene rings is 1. The number of likely N-dealkylation sites (N-methyl/N-ethyl adjacent to an activating group) is 1. The molecule has 0 aliphatic heterocycles. The predicted octanol–water partition coefficient (Wildman–Crippen LogP) is 2.15. The van der Waals surface area contributed by atoms with Crippen LogP contribution in [0.15, 0.2) is 18.2 Å². The highest BCUT2D eigenvalue weighted by Gasteiger charge is 2.19. The van der Waals surface area contributed by atoms with Gasteiger partial charge in [0.25, 0.3) is 0 Å². The lowest BCUT2D eigenvalue weighted by Gasteiger charge is -2.21. The zero-order chi connectivity index (χ0) is 16.0. The van der Waals surface area contributed by atoms with Gasteiger partial charge in [0.1, 0.15) is 6.04 Å². The zero-order valence-electron chi connectivity index (χ0n) is 13.1. The van der Waals surface area contributed by atoms with Crippen molar-refractivity contribution in [3.8, 4) is 0 Å². The third kappa shape index (κ3) is 4.56. The van der Waals surface area contributed by atoms with Gasteiger partial charge in [0.15, 0.2) is 0 Å². The van der Waals surface area contributed by atoms with Crippen molar-refractivity contribution in [1.82, 2.24) is 4.90 Å². The smallest absolute Gasteiger partial charge is 0.320 e. The van der Waals surface area contributed by atoms with Crippen molar-refractivity contribution < 1.29 is 14.7 Å². The van der Waals surface area contributed by atoms with E-state index in [-0.39, 0.29) is 12.5 Å². The molecule has 21 heavy (non-hydrogen) atoms. The first kappa shape index (κ1) is 17.2. The summed E-state index contributed by atoms with van der Waals surface area (Å²) in [4.78, 5) is 24.6. The van der Waals surface area contributed by atoms with Crippen LogP contribution in [0, 0.1) is 0 Å². The normalized spacial score (nSPS) is 12.2. The number of amides is 1. The Balaban J connectivity index is 2.82. The van der Waals surface area contributed by atoms with Gasteiger partial charge in [-0.1, -0.05) is 32.0 Å². The number of carbonyl (C=O) groups excluding carboxylic acids is 1. The van der Waals surface area contributed by atoms with Gasteiger partial charge in [0, 0.05) is 5.69 Å². The molecule has 1 aromatic carbocycles. The van der Waals surface area contributed by atoms with Gasteiger partial charge < -0.3 is 10.4 Å². The minimum Gasteiger partial charge on any atom is -0.480 e. The lowest BCUT2D eigenvalue weighted by Crippen LogP contribution is -2.40. The summed E-state index contributed by atoms with van der Waals surface area (Å²) >= 11 is 0. The van der Waals surface area contributed by atoms with Gasteiger partial charge in [-0.05, 0) is 37.9 Å². The van der Waals surface area contributed by atoms with Crippen LogP contribution in [0.4, 0.5) is 5.69 Å². The average molecular weight is 292 g/mol. The van der Waals surface area contributed by atoms with E-state index in [0.717, 1.165) is 29.7 Å². The molecular formula is C16H24N2O3. The number of hydrogen-bond donors (Lipinski definition) is 2. The van der Waals surface area contributed by atoms with E-state index in [2.05, 4.69) is 5.32 Å². The molecule has 0 aliphatic carbocycles. The van der Waals surface area contributed by atoms with E-state index in [1.54, 1.807) is 14.0 Å². The molecule has 1 aromatic rings. The summed E-state index contributed by atoms with van der Waals surface area (Å²) in [6, 6.07) is 5.30. The van der Waals surface area contributed by atoms with Crippen molar-refractivity contribution >= 4 is 17.6 Å². The number of anilines is 1. The number of rotatable bonds is 7. The highest BCUT2D eigenvalue weighted by Crippen LogP contribution is 2.22. The van der Waals surface area contributed by atoms with Crippen LogP contribution in [0.5, 0.6) is 0 Å². The second kappa shape index (κ2) is 7.78. The first-order valence-electron chi connectivity index (χ1n) is 7.24. The fourth-order valence-electron chi connectivity index (χ4n) is 2.13. The average Bonchev–Trinajstić information content (AvgIpc) is 2.46. The molecule has 0 aliphatic rings. The molecule has 0 saturated carbocycles. The fraction of sp³-hybridized carbons (Fsp3) is 0.500. The minimum absolute atomic E-state index is 0.0503. The van der Waals surface area contributed by atoms with Crippen LogP contribution < -0.4 is 5.32 Å². The van der Waals surface area contributed by atoms with Crippen LogP contribution >= 0.6 is 0 Å². The summed E-state index contributed by atoms with van der Waals surface area (Å²) in [6.07, 6.45) is 1.68. The van der Waals surface area contributed by atoms with Crippen molar-refractivity contribution in [1.29, 1.82) is 0 Å². The van der Waals surface area contributed by atoms with Crippen LogP contribution in [0.1, 0.15) is 31.9 Å². The zero-order valence-corrected chi connectivity index (χ0v) is 13.1. The lowest BCUT2D eigenvalue weighted by molar-refractivity contribution is -0.142. The lowest BCUT2D eigenvalue weighted by atomic mass is 10.0. The largest absolute Gasteiger partial charge is 0.480 e. The number of hydrogen-bond acceptors (Lipinski definition) is 3. The number of nitrogens with zero attached hydrogens (tertiary/aromatic N) is 1. The molecule has 5 heteroatoms. The number of aryl methyl sites for hydroxylation is 2. The highest BCUT2D eigenvalue weighted by atomic mass is 16.4. The van der Waals surface area contributed by atoms with Crippen LogP contribution in [-0.4, -0.2) is 41.5 Å². The summed E-state index contributed by atoms with van der Waals surface area (Å²) in [7, 11) is 1.63. The Morgan fingerprint density at radius 1 is 1.24 bits per heavy atom. The Kier molecular flexibility index (Phi) is 6.37. The number of carboxylic acids is 1. The highest BCUT2D eigenvalue weighted by molar-refractivity contribution is 5.94. The minimum atomic E-state index is -0.937. The summed E-state index contributed by atoms with van der Waals surface area (Å²) in [6.45, 7) is 5.70. The Hall–Kier alpha value is -1.88. The quantitative estimate of drug-likeness (QED) is 0.808. The maximum atomic E-state index is 12.1. The van der Waals surface area contributed by atoms with Gasteiger partial charge in [0.2, 0.25) is 5.91 Å². The molecule has 116 valence electrons. The van der Waals surface area contributed by atoms with Gasteiger partial charge in [-0.15, -0.1) is 0 Å². The van der Waals surface area contributed by atoms with Gasteiger partial charge in [-0.3, -0.25) is 14.5 Å². The molecule has 0 fully saturated rings. The summed E-state index contributed by atoms with van der Waals surface area (Å²) in [5.74, 6) is -1.13. The molecular weight excluding hydrogens is 268 g/mol. The molecule has 1 unspecified atom stereocenters. The Bertz CT molecular complexity index is 492. The molecule has 0 heterocycles. The molecule has 2 N–H and O–H groups in total. The predicted molar refractivity (Wildman–Crippen MR) is 83.6 cm³/mol. The standard InChI is InChI=1S/C16H24N2O3/c1-5-12-8-7-9-13(6-2)15(12)17-14(19)10-18(4)11(3)16(20)21/h7-9,11H,5-6,10H2,1-4H3,(H,17,19)(H,20,21). The fourth-order valence-corrected chi connectivity index (χ4v) is 2.13. The Labute approximate surface area is 126 Å². The number of carboxylic acid groups (broad SMARTS) is 1. The Morgan fingerprint density at radius 3 is 2.19 bits per heavy atom. The molecule has 1 atom stereocenters. The molecule has 5 nitrogen and oxygen atoms in total. The molecule has 1 rings (SSSR count). The molecule has 1 amide bonds. The van der Waals surface area contributed by atoms with E-state index in [0.29, 0.717) is 0 Å². The summed E-state index contributed by atoms with van der Waals surface area (Å²) < 4.78 is 0. The van der Waals surface area contributed by atoms with Crippen LogP contribution in [0.25, 0.3) is 0 Å². The van der Waals surface area contributed by atoms with Gasteiger partial charge >= 0.3 is 5.97 Å². The van der Waals surface area contributed by atoms with E-state index in [4.69, 9.17) is 5.11 Å². The number of aliphatic carboxylic acids is 1. The monoisotopic (exact) mass is 292 g/mol. The first-order valence-corrected chi connectivity index (χ1v) is 7.24. The van der Waals surface area contributed by atoms with Crippen molar-refractivity contribution in [3.05, 3.63) is 29.3 Å². The number of carbonyl (C=O) groups is 2. The third-order valence-corrected chi connectivity index (χ3v) is 3.67. The summed E-state index contributed by atoms with van der Waals surface area (Å²) in [5, 5.41) is 11.9. The number of para-hydroxylation sites is 1. The van der Waals surface area contributed by atoms with E-state index in [1.165, 1.54) is 4.90 Å². The van der Waals surface area contributed by atoms with Crippen molar-refractivity contribution in [2.75, 3.05) is 18.9 Å². The van der Waals surface area contributed by atoms with Crippen LogP contribution in [0.2, 0.25) is 0 Å². The maximum absolute atomic E-state index is 12.1. The van der Waals surface area contributed by atoms with Gasteiger partial charge in [-0.25, -0.2) is 0 Å². The van der Waals surface area contributed by atoms with Crippen LogP contribution in [-0.2, 0) is 22.4 Å². The van der Waals surface area contributed by atoms with E-state index in [1.807, 2.05) is 32.0 Å². The topological polar surface area (TPSA) is 69.6 Å². The second-order valence-electron chi connectivity index (χ2n) is 5.14. The van der Waals surface area contributed by atoms with Crippen molar-refractivity contribution in [2.24, 2.45) is 0 Å². The summed E-state index contributed by atoms with van der Waals surface area (Å²) in [5.41, 5.74) is 3.05. The van der Waals surface area contributed by atoms with E-state index >= 15 is 0 Å². The SMILES string of the molecule is CCc1cccc(CC)c1NC(=O)CN(C)C(C)C(=O)O. The van der Waals surface area contributed by atoms with Gasteiger partial charge in [-0.2, -0.15) is 0 Å². The third-order valence-electron chi connectivity index (χ3n) is 3.67. The van der Waals surface area contributed by atoms with Crippen molar-refractivity contribution in [3.63, 3.8) is 0 Å². The molecule has 0 spiro atoms. The van der Waals surface area contributed by atoms with Crippen LogP contribution in [0.3, 0.4) is 0 Å². The Morgan fingerprint density at radius 2 is 1.76 bits per heavy atom. The second-order valence-corrected chi connectivity index (χ2v) is 5.14. The molecule has 0 saturated heterocycles. The maximum Gasteiger partial charge on any atom is 0.320 e. The van der Waals surface area contributed by atoms with Crippen molar-refractivity contribution in [2.45, 2.75) is 39.7 Å². The van der Waals surface area contributed by atoms with Gasteiger partial charge in [0.05, 0.1) is 6.54 Å².